The summed E-state index contributed by atoms with van der Waals surface area (Å²) in [4.78, 5) is 10.9. The Morgan fingerprint density at radius 2 is 1.89 bits per heavy atom. The van der Waals surface area contributed by atoms with Gasteiger partial charge in [-0.05, 0) is 61.1 Å². The van der Waals surface area contributed by atoms with Gasteiger partial charge in [-0.15, -0.1) is 0 Å². The molecule has 0 spiro atoms. The Kier molecular flexibility index (Phi) is 7.89. The molecule has 0 aliphatic carbocycles. The summed E-state index contributed by atoms with van der Waals surface area (Å²) >= 11 is 0. The van der Waals surface area contributed by atoms with Crippen LogP contribution in [0.4, 0.5) is 0 Å². The van der Waals surface area contributed by atoms with Crippen molar-refractivity contribution in [1.82, 2.24) is 0 Å². The zero-order valence-corrected chi connectivity index (χ0v) is 15.7. The summed E-state index contributed by atoms with van der Waals surface area (Å²) in [5.74, 6) is 0.761. The maximum atomic E-state index is 10.9. The first-order valence-electron chi connectivity index (χ1n) is 8.97. The smallest absolute Gasteiger partial charge is 0.308 e. The third-order valence-electron chi connectivity index (χ3n) is 4.13. The van der Waals surface area contributed by atoms with Crippen LogP contribution < -0.4 is 9.47 Å². The number of esters is 1. The molecule has 27 heavy (non-hydrogen) atoms. The highest BCUT2D eigenvalue weighted by molar-refractivity contribution is 5.69. The molecule has 144 valence electrons. The van der Waals surface area contributed by atoms with Crippen LogP contribution in [0.1, 0.15) is 37.3 Å². The van der Waals surface area contributed by atoms with Crippen LogP contribution in [0.5, 0.6) is 17.2 Å². The van der Waals surface area contributed by atoms with Crippen molar-refractivity contribution in [1.29, 1.82) is 0 Å². The van der Waals surface area contributed by atoms with Crippen LogP contribution in [-0.4, -0.2) is 29.4 Å². The molecule has 0 heterocycles. The molecule has 1 atom stereocenters. The molecule has 0 radical (unpaired) electrons. The van der Waals surface area contributed by atoms with Crippen molar-refractivity contribution >= 4 is 12.0 Å². The first kappa shape index (κ1) is 20.5. The van der Waals surface area contributed by atoms with Crippen molar-refractivity contribution < 1.29 is 24.5 Å². The molecule has 5 heteroatoms. The zero-order chi connectivity index (χ0) is 19.6. The van der Waals surface area contributed by atoms with Crippen LogP contribution in [0.2, 0.25) is 0 Å². The fourth-order valence-corrected chi connectivity index (χ4v) is 2.68. The third-order valence-corrected chi connectivity index (χ3v) is 4.13. The summed E-state index contributed by atoms with van der Waals surface area (Å²) in [6.07, 6.45) is 6.43. The molecule has 0 saturated heterocycles. The van der Waals surface area contributed by atoms with Gasteiger partial charge in [-0.2, -0.15) is 0 Å². The molecule has 0 aromatic heterocycles. The molecule has 0 aliphatic rings. The Labute approximate surface area is 159 Å². The number of aryl methyl sites for hydroxylation is 1. The van der Waals surface area contributed by atoms with E-state index in [2.05, 4.69) is 0 Å². The van der Waals surface area contributed by atoms with E-state index in [1.165, 1.54) is 14.0 Å². The maximum Gasteiger partial charge on any atom is 0.308 e. The lowest BCUT2D eigenvalue weighted by Crippen LogP contribution is -2.07. The SMILES string of the molecule is COc1cc(CCC(O)CCC=Cc2ccc(OC(C)=O)cc2)ccc1O. The van der Waals surface area contributed by atoms with E-state index in [1.54, 1.807) is 24.3 Å². The van der Waals surface area contributed by atoms with Crippen molar-refractivity contribution in [2.75, 3.05) is 7.11 Å². The number of methoxy groups -OCH3 is 1. The van der Waals surface area contributed by atoms with E-state index in [0.29, 0.717) is 24.3 Å². The Bertz CT molecular complexity index is 765. The summed E-state index contributed by atoms with van der Waals surface area (Å²) in [5, 5.41) is 19.7. The lowest BCUT2D eigenvalue weighted by Gasteiger charge is -2.10. The van der Waals surface area contributed by atoms with Crippen molar-refractivity contribution in [3.8, 4) is 17.2 Å². The highest BCUT2D eigenvalue weighted by Gasteiger charge is 2.06. The van der Waals surface area contributed by atoms with Gasteiger partial charge in [0.25, 0.3) is 0 Å². The van der Waals surface area contributed by atoms with Gasteiger partial charge in [-0.3, -0.25) is 4.79 Å². The molecule has 0 bridgehead atoms. The maximum absolute atomic E-state index is 10.9. The molecule has 0 fully saturated rings. The number of carbonyl (C=O) groups excluding carboxylic acids is 1. The Morgan fingerprint density at radius 3 is 2.56 bits per heavy atom. The molecular weight excluding hydrogens is 344 g/mol. The molecular formula is C22H26O5. The lowest BCUT2D eigenvalue weighted by molar-refractivity contribution is -0.131. The summed E-state index contributed by atoms with van der Waals surface area (Å²) in [7, 11) is 1.52. The predicted octanol–water partition coefficient (Wildman–Crippen LogP) is 4.11. The van der Waals surface area contributed by atoms with Crippen LogP contribution in [0.15, 0.2) is 48.5 Å². The van der Waals surface area contributed by atoms with Crippen molar-refractivity contribution in [3.63, 3.8) is 0 Å². The highest BCUT2D eigenvalue weighted by Crippen LogP contribution is 2.27. The fraction of sp³-hybridized carbons (Fsp3) is 0.318. The number of hydrogen-bond acceptors (Lipinski definition) is 5. The number of allylic oxidation sites excluding steroid dienone is 1. The minimum atomic E-state index is -0.388. The topological polar surface area (TPSA) is 76.0 Å². The number of aromatic hydroxyl groups is 1. The second-order valence-electron chi connectivity index (χ2n) is 6.34. The van der Waals surface area contributed by atoms with Gasteiger partial charge in [0.05, 0.1) is 13.2 Å². The number of hydrogen-bond donors (Lipinski definition) is 2. The van der Waals surface area contributed by atoms with E-state index in [0.717, 1.165) is 24.0 Å². The van der Waals surface area contributed by atoms with E-state index in [9.17, 15) is 15.0 Å². The normalized spacial score (nSPS) is 12.1. The van der Waals surface area contributed by atoms with Crippen molar-refractivity contribution in [2.45, 2.75) is 38.7 Å². The molecule has 2 aromatic carbocycles. The second-order valence-corrected chi connectivity index (χ2v) is 6.34. The Morgan fingerprint density at radius 1 is 1.15 bits per heavy atom. The monoisotopic (exact) mass is 370 g/mol. The minimum absolute atomic E-state index is 0.118. The van der Waals surface area contributed by atoms with Gasteiger partial charge in [0, 0.05) is 6.92 Å². The van der Waals surface area contributed by atoms with Gasteiger partial charge in [0.1, 0.15) is 5.75 Å². The van der Waals surface area contributed by atoms with Gasteiger partial charge >= 0.3 is 5.97 Å². The number of aliphatic hydroxyl groups is 1. The number of benzene rings is 2. The van der Waals surface area contributed by atoms with Gasteiger partial charge in [0.2, 0.25) is 0 Å². The zero-order valence-electron chi connectivity index (χ0n) is 15.7. The first-order chi connectivity index (χ1) is 13.0. The second kappa shape index (κ2) is 10.4. The van der Waals surface area contributed by atoms with Crippen LogP contribution >= 0.6 is 0 Å². The average Bonchev–Trinajstić information content (AvgIpc) is 2.65. The predicted molar refractivity (Wildman–Crippen MR) is 105 cm³/mol. The van der Waals surface area contributed by atoms with Gasteiger partial charge in [-0.1, -0.05) is 30.4 Å². The van der Waals surface area contributed by atoms with Crippen molar-refractivity contribution in [3.05, 3.63) is 59.7 Å². The number of phenols is 1. The number of rotatable bonds is 9. The highest BCUT2D eigenvalue weighted by atomic mass is 16.5. The Balaban J connectivity index is 1.73. The minimum Gasteiger partial charge on any atom is -0.504 e. The summed E-state index contributed by atoms with van der Waals surface area (Å²) in [6.45, 7) is 1.37. The van der Waals surface area contributed by atoms with E-state index < -0.39 is 0 Å². The van der Waals surface area contributed by atoms with Gasteiger partial charge in [0.15, 0.2) is 11.5 Å². The molecule has 2 aromatic rings. The summed E-state index contributed by atoms with van der Waals surface area (Å²) in [6, 6.07) is 12.5. The van der Waals surface area contributed by atoms with Crippen LogP contribution in [0.25, 0.3) is 6.08 Å². The lowest BCUT2D eigenvalue weighted by atomic mass is 10.0. The molecule has 1 unspecified atom stereocenters. The van der Waals surface area contributed by atoms with E-state index in [1.807, 2.05) is 30.4 Å². The van der Waals surface area contributed by atoms with E-state index in [-0.39, 0.29) is 17.8 Å². The average molecular weight is 370 g/mol. The van der Waals surface area contributed by atoms with Crippen LogP contribution in [0.3, 0.4) is 0 Å². The van der Waals surface area contributed by atoms with Crippen LogP contribution in [-0.2, 0) is 11.2 Å². The quantitative estimate of drug-likeness (QED) is 0.513. The summed E-state index contributed by atoms with van der Waals surface area (Å²) < 4.78 is 10.1. The van der Waals surface area contributed by atoms with Gasteiger partial charge < -0.3 is 19.7 Å². The number of ether oxygens (including phenoxy) is 2. The molecule has 0 saturated carbocycles. The Hall–Kier alpha value is -2.79. The van der Waals surface area contributed by atoms with E-state index in [4.69, 9.17) is 9.47 Å². The van der Waals surface area contributed by atoms with Crippen LogP contribution in [0, 0.1) is 0 Å². The largest absolute Gasteiger partial charge is 0.504 e. The molecule has 0 amide bonds. The third kappa shape index (κ3) is 7.15. The molecule has 0 aliphatic heterocycles. The summed E-state index contributed by atoms with van der Waals surface area (Å²) in [5.41, 5.74) is 2.03. The number of carbonyl (C=O) groups is 1. The van der Waals surface area contributed by atoms with Gasteiger partial charge in [-0.25, -0.2) is 0 Å². The fourth-order valence-electron chi connectivity index (χ4n) is 2.68. The number of aliphatic hydroxyl groups excluding tert-OH is 1. The molecule has 2 rings (SSSR count). The molecule has 2 N–H and O–H groups in total. The number of phenolic OH excluding ortho intramolecular Hbond substituents is 1. The van der Waals surface area contributed by atoms with E-state index >= 15 is 0 Å². The standard InChI is InChI=1S/C22H26O5/c1-16(23)27-20-12-8-17(9-13-20)5-3-4-6-19(24)11-7-18-10-14-21(25)22(15-18)26-2/h3,5,8-10,12-15,19,24-25H,4,6-7,11H2,1-2H3. The molecule has 5 nitrogen and oxygen atoms in total. The van der Waals surface area contributed by atoms with Crippen molar-refractivity contribution in [2.24, 2.45) is 0 Å². The first-order valence-corrected chi connectivity index (χ1v) is 8.97.